The van der Waals surface area contributed by atoms with Crippen molar-refractivity contribution >= 4 is 17.2 Å². The van der Waals surface area contributed by atoms with Gasteiger partial charge in [-0.1, -0.05) is 18.8 Å². The fourth-order valence-corrected chi connectivity index (χ4v) is 2.28. The van der Waals surface area contributed by atoms with Gasteiger partial charge in [-0.2, -0.15) is 0 Å². The predicted octanol–water partition coefficient (Wildman–Crippen LogP) is 2.74. The number of thiophene rings is 1. The molecule has 0 saturated carbocycles. The third kappa shape index (κ3) is 3.82. The molecule has 1 aromatic rings. The Morgan fingerprint density at radius 2 is 2.21 bits per heavy atom. The Bertz CT molecular complexity index is 494. The van der Waals surface area contributed by atoms with Crippen LogP contribution in [0.1, 0.15) is 48.8 Å². The van der Waals surface area contributed by atoms with Gasteiger partial charge >= 0.3 is 0 Å². The van der Waals surface area contributed by atoms with E-state index in [4.69, 9.17) is 5.11 Å². The second-order valence-corrected chi connectivity index (χ2v) is 5.89. The van der Waals surface area contributed by atoms with Crippen molar-refractivity contribution in [1.82, 2.24) is 4.90 Å². The van der Waals surface area contributed by atoms with Crippen LogP contribution in [0, 0.1) is 11.8 Å². The first kappa shape index (κ1) is 15.7. The van der Waals surface area contributed by atoms with Crippen molar-refractivity contribution in [3.63, 3.8) is 0 Å². The number of hydrogen-bond donors (Lipinski definition) is 1. The Morgan fingerprint density at radius 1 is 1.53 bits per heavy atom. The zero-order chi connectivity index (χ0) is 14.5. The zero-order valence-corrected chi connectivity index (χ0v) is 12.8. The predicted molar refractivity (Wildman–Crippen MR) is 79.4 cm³/mol. The highest BCUT2D eigenvalue weighted by atomic mass is 32.1. The summed E-state index contributed by atoms with van der Waals surface area (Å²) in [7, 11) is 1.83. The molecule has 0 radical (unpaired) electrons. The maximum atomic E-state index is 12.5. The summed E-state index contributed by atoms with van der Waals surface area (Å²) in [6.07, 6.45) is 1.33. The van der Waals surface area contributed by atoms with Crippen LogP contribution in [0.15, 0.2) is 11.4 Å². The SMILES string of the molecule is CCC(C)(C)N(C)C(=O)c1sccc1C#CCCO. The molecule has 4 heteroatoms. The van der Waals surface area contributed by atoms with E-state index in [2.05, 4.69) is 32.6 Å². The summed E-state index contributed by atoms with van der Waals surface area (Å²) in [5.74, 6) is 5.82. The molecular formula is C15H21NO2S. The number of carbonyl (C=O) groups excluding carboxylic acids is 1. The number of aliphatic hydroxyl groups is 1. The van der Waals surface area contributed by atoms with Crippen molar-refractivity contribution in [2.45, 2.75) is 39.2 Å². The van der Waals surface area contributed by atoms with E-state index in [1.165, 1.54) is 11.3 Å². The summed E-state index contributed by atoms with van der Waals surface area (Å²) in [4.78, 5) is 14.9. The molecule has 0 atom stereocenters. The smallest absolute Gasteiger partial charge is 0.265 e. The van der Waals surface area contributed by atoms with Crippen LogP contribution in [0.4, 0.5) is 0 Å². The van der Waals surface area contributed by atoms with E-state index in [0.29, 0.717) is 11.3 Å². The molecule has 0 fully saturated rings. The third-order valence-electron chi connectivity index (χ3n) is 3.40. The largest absolute Gasteiger partial charge is 0.395 e. The first-order valence-electron chi connectivity index (χ1n) is 6.39. The van der Waals surface area contributed by atoms with Crippen LogP contribution in [-0.4, -0.2) is 35.1 Å². The third-order valence-corrected chi connectivity index (χ3v) is 4.30. The van der Waals surface area contributed by atoms with E-state index in [1.54, 1.807) is 4.90 Å². The van der Waals surface area contributed by atoms with Gasteiger partial charge in [-0.3, -0.25) is 4.79 Å². The van der Waals surface area contributed by atoms with E-state index in [1.807, 2.05) is 18.5 Å². The van der Waals surface area contributed by atoms with Crippen LogP contribution in [0.3, 0.4) is 0 Å². The van der Waals surface area contributed by atoms with Crippen LogP contribution in [-0.2, 0) is 0 Å². The lowest BCUT2D eigenvalue weighted by Gasteiger charge is -2.34. The molecule has 19 heavy (non-hydrogen) atoms. The summed E-state index contributed by atoms with van der Waals surface area (Å²) in [5, 5.41) is 10.6. The molecule has 1 aromatic heterocycles. The Balaban J connectivity index is 2.96. The fourth-order valence-electron chi connectivity index (χ4n) is 1.45. The molecule has 0 aromatic carbocycles. The van der Waals surface area contributed by atoms with Crippen molar-refractivity contribution in [3.05, 3.63) is 21.9 Å². The fraction of sp³-hybridized carbons (Fsp3) is 0.533. The first-order chi connectivity index (χ1) is 8.94. The summed E-state index contributed by atoms with van der Waals surface area (Å²) >= 11 is 1.41. The summed E-state index contributed by atoms with van der Waals surface area (Å²) in [5.41, 5.74) is 0.582. The van der Waals surface area contributed by atoms with Crippen LogP contribution < -0.4 is 0 Å². The standard InChI is InChI=1S/C15H21NO2S/c1-5-15(2,3)16(4)14(18)13-12(9-11-19-13)8-6-7-10-17/h9,11,17H,5,7,10H2,1-4H3. The number of aliphatic hydroxyl groups excluding tert-OH is 1. The van der Waals surface area contributed by atoms with Crippen LogP contribution in [0.25, 0.3) is 0 Å². The van der Waals surface area contributed by atoms with Gasteiger partial charge in [0.2, 0.25) is 0 Å². The van der Waals surface area contributed by atoms with Gasteiger partial charge in [-0.05, 0) is 31.7 Å². The van der Waals surface area contributed by atoms with Crippen molar-refractivity contribution in [3.8, 4) is 11.8 Å². The summed E-state index contributed by atoms with van der Waals surface area (Å²) < 4.78 is 0. The highest BCUT2D eigenvalue weighted by Gasteiger charge is 2.28. The number of hydrogen-bond acceptors (Lipinski definition) is 3. The average molecular weight is 279 g/mol. The normalized spacial score (nSPS) is 10.8. The van der Waals surface area contributed by atoms with Gasteiger partial charge in [0.15, 0.2) is 0 Å². The highest BCUT2D eigenvalue weighted by molar-refractivity contribution is 7.12. The first-order valence-corrected chi connectivity index (χ1v) is 7.27. The van der Waals surface area contributed by atoms with Gasteiger partial charge in [0.05, 0.1) is 6.61 Å². The lowest BCUT2D eigenvalue weighted by molar-refractivity contribution is 0.0625. The van der Waals surface area contributed by atoms with E-state index in [0.717, 1.165) is 12.0 Å². The average Bonchev–Trinajstić information content (AvgIpc) is 2.85. The van der Waals surface area contributed by atoms with E-state index >= 15 is 0 Å². The summed E-state index contributed by atoms with van der Waals surface area (Å²) in [6, 6.07) is 1.86. The van der Waals surface area contributed by atoms with E-state index in [-0.39, 0.29) is 18.1 Å². The number of rotatable bonds is 4. The molecule has 0 saturated heterocycles. The molecule has 0 aliphatic heterocycles. The Kier molecular flexibility index (Phi) is 5.59. The highest BCUT2D eigenvalue weighted by Crippen LogP contribution is 2.23. The van der Waals surface area contributed by atoms with Gasteiger partial charge in [0, 0.05) is 24.6 Å². The Morgan fingerprint density at radius 3 is 2.79 bits per heavy atom. The van der Waals surface area contributed by atoms with E-state index in [9.17, 15) is 4.79 Å². The van der Waals surface area contributed by atoms with Crippen molar-refractivity contribution in [1.29, 1.82) is 0 Å². The topological polar surface area (TPSA) is 40.5 Å². The minimum atomic E-state index is -0.170. The molecule has 1 N–H and O–H groups in total. The number of amides is 1. The molecule has 0 aliphatic carbocycles. The summed E-state index contributed by atoms with van der Waals surface area (Å²) in [6.45, 7) is 6.22. The van der Waals surface area contributed by atoms with Gasteiger partial charge < -0.3 is 10.0 Å². The van der Waals surface area contributed by atoms with Gasteiger partial charge in [-0.15, -0.1) is 11.3 Å². The van der Waals surface area contributed by atoms with Gasteiger partial charge in [0.1, 0.15) is 4.88 Å². The quantitative estimate of drug-likeness (QED) is 0.861. The minimum absolute atomic E-state index is 0.00940. The molecule has 0 bridgehead atoms. The monoisotopic (exact) mass is 279 g/mol. The molecule has 1 rings (SSSR count). The lowest BCUT2D eigenvalue weighted by Crippen LogP contribution is -2.44. The molecule has 0 unspecified atom stereocenters. The molecule has 1 heterocycles. The van der Waals surface area contributed by atoms with Gasteiger partial charge in [-0.25, -0.2) is 0 Å². The van der Waals surface area contributed by atoms with Crippen molar-refractivity contribution in [2.75, 3.05) is 13.7 Å². The van der Waals surface area contributed by atoms with Crippen LogP contribution in [0.5, 0.6) is 0 Å². The molecule has 3 nitrogen and oxygen atoms in total. The second kappa shape index (κ2) is 6.74. The number of carbonyl (C=O) groups is 1. The van der Waals surface area contributed by atoms with E-state index < -0.39 is 0 Å². The van der Waals surface area contributed by atoms with Crippen LogP contribution >= 0.6 is 11.3 Å². The minimum Gasteiger partial charge on any atom is -0.395 e. The van der Waals surface area contributed by atoms with Crippen molar-refractivity contribution < 1.29 is 9.90 Å². The molecule has 0 aliphatic rings. The maximum absolute atomic E-state index is 12.5. The molecule has 1 amide bonds. The maximum Gasteiger partial charge on any atom is 0.265 e. The molecule has 0 spiro atoms. The van der Waals surface area contributed by atoms with Crippen molar-refractivity contribution in [2.24, 2.45) is 0 Å². The zero-order valence-electron chi connectivity index (χ0n) is 12.0. The van der Waals surface area contributed by atoms with Crippen LogP contribution in [0.2, 0.25) is 0 Å². The Labute approximate surface area is 119 Å². The number of nitrogens with zero attached hydrogens (tertiary/aromatic N) is 1. The molecular weight excluding hydrogens is 258 g/mol. The Hall–Kier alpha value is -1.31. The molecule has 104 valence electrons. The van der Waals surface area contributed by atoms with Gasteiger partial charge in [0.25, 0.3) is 5.91 Å². The second-order valence-electron chi connectivity index (χ2n) is 4.97. The lowest BCUT2D eigenvalue weighted by atomic mass is 9.99.